The minimum atomic E-state index is 0. The number of rotatable bonds is 5. The van der Waals surface area contributed by atoms with Gasteiger partial charge in [-0.2, -0.15) is 5.10 Å². The average Bonchev–Trinajstić information content (AvgIpc) is 2.88. The second-order valence-corrected chi connectivity index (χ2v) is 7.43. The summed E-state index contributed by atoms with van der Waals surface area (Å²) in [5.41, 5.74) is 5.94. The van der Waals surface area contributed by atoms with Crippen LogP contribution in [0.1, 0.15) is 41.4 Å². The van der Waals surface area contributed by atoms with E-state index in [1.807, 2.05) is 11.8 Å². The molecular weight excluding hydrogens is 360 g/mol. The number of carbonyl (C=O) groups excluding carboxylic acids is 1. The van der Waals surface area contributed by atoms with Crippen LogP contribution in [0, 0.1) is 20.8 Å². The van der Waals surface area contributed by atoms with Gasteiger partial charge in [0.05, 0.1) is 12.2 Å². The van der Waals surface area contributed by atoms with Crippen LogP contribution in [0.15, 0.2) is 24.3 Å². The fourth-order valence-electron chi connectivity index (χ4n) is 3.70. The predicted molar refractivity (Wildman–Crippen MR) is 112 cm³/mol. The SMILES string of the molecule is Cc1ccc(Cn2nc(C)c(CCC(=O)N3CCNC[C@@H]3C)c2C)cc1.Cl. The molecule has 1 saturated heterocycles. The molecule has 1 aromatic heterocycles. The monoisotopic (exact) mass is 390 g/mol. The summed E-state index contributed by atoms with van der Waals surface area (Å²) in [6.45, 7) is 11.7. The van der Waals surface area contributed by atoms with E-state index in [2.05, 4.69) is 55.0 Å². The van der Waals surface area contributed by atoms with Crippen molar-refractivity contribution in [2.24, 2.45) is 0 Å². The largest absolute Gasteiger partial charge is 0.337 e. The maximum atomic E-state index is 12.6. The Labute approximate surface area is 168 Å². The molecule has 3 rings (SSSR count). The number of benzene rings is 1. The van der Waals surface area contributed by atoms with Gasteiger partial charge in [0.1, 0.15) is 0 Å². The Bertz CT molecular complexity index is 769. The number of hydrogen-bond donors (Lipinski definition) is 1. The first kappa shape index (κ1) is 21.5. The summed E-state index contributed by atoms with van der Waals surface area (Å²) in [6.07, 6.45) is 1.32. The second kappa shape index (κ2) is 9.38. The fourth-order valence-corrected chi connectivity index (χ4v) is 3.70. The summed E-state index contributed by atoms with van der Waals surface area (Å²) in [4.78, 5) is 14.6. The van der Waals surface area contributed by atoms with Gasteiger partial charge in [0, 0.05) is 37.8 Å². The summed E-state index contributed by atoms with van der Waals surface area (Å²) in [5.74, 6) is 0.254. The number of piperazine rings is 1. The van der Waals surface area contributed by atoms with Crippen LogP contribution in [0.4, 0.5) is 0 Å². The zero-order valence-electron chi connectivity index (χ0n) is 16.8. The molecule has 0 bridgehead atoms. The van der Waals surface area contributed by atoms with E-state index in [0.29, 0.717) is 6.42 Å². The van der Waals surface area contributed by atoms with Crippen molar-refractivity contribution >= 4 is 18.3 Å². The quantitative estimate of drug-likeness (QED) is 0.853. The molecule has 0 aliphatic carbocycles. The van der Waals surface area contributed by atoms with Crippen LogP contribution in [-0.4, -0.2) is 46.3 Å². The molecule has 0 saturated carbocycles. The molecular formula is C21H31ClN4O. The third-order valence-corrected chi connectivity index (χ3v) is 5.39. The van der Waals surface area contributed by atoms with Crippen molar-refractivity contribution in [3.63, 3.8) is 0 Å². The van der Waals surface area contributed by atoms with Crippen LogP contribution in [0.2, 0.25) is 0 Å². The smallest absolute Gasteiger partial charge is 0.223 e. The van der Waals surface area contributed by atoms with Crippen LogP contribution in [-0.2, 0) is 17.8 Å². The van der Waals surface area contributed by atoms with Gasteiger partial charge >= 0.3 is 0 Å². The Kier molecular flexibility index (Phi) is 7.45. The molecule has 0 spiro atoms. The van der Waals surface area contributed by atoms with Crippen molar-refractivity contribution in [3.8, 4) is 0 Å². The highest BCUT2D eigenvalue weighted by Gasteiger charge is 2.23. The zero-order chi connectivity index (χ0) is 18.7. The van der Waals surface area contributed by atoms with Gasteiger partial charge in [0.2, 0.25) is 5.91 Å². The van der Waals surface area contributed by atoms with E-state index in [-0.39, 0.29) is 24.4 Å². The fraction of sp³-hybridized carbons (Fsp3) is 0.524. The Morgan fingerprint density at radius 3 is 2.59 bits per heavy atom. The molecule has 0 unspecified atom stereocenters. The molecule has 5 nitrogen and oxygen atoms in total. The van der Waals surface area contributed by atoms with Crippen molar-refractivity contribution < 1.29 is 4.79 Å². The molecule has 1 aliphatic rings. The maximum Gasteiger partial charge on any atom is 0.223 e. The second-order valence-electron chi connectivity index (χ2n) is 7.43. The number of carbonyl (C=O) groups is 1. The van der Waals surface area contributed by atoms with Crippen LogP contribution >= 0.6 is 12.4 Å². The lowest BCUT2D eigenvalue weighted by molar-refractivity contribution is -0.133. The van der Waals surface area contributed by atoms with E-state index in [9.17, 15) is 4.79 Å². The van der Waals surface area contributed by atoms with Gasteiger partial charge in [-0.3, -0.25) is 9.48 Å². The molecule has 1 N–H and O–H groups in total. The lowest BCUT2D eigenvalue weighted by atomic mass is 10.1. The van der Waals surface area contributed by atoms with E-state index in [4.69, 9.17) is 5.10 Å². The van der Waals surface area contributed by atoms with Crippen molar-refractivity contribution in [1.82, 2.24) is 20.0 Å². The van der Waals surface area contributed by atoms with E-state index in [0.717, 1.165) is 38.3 Å². The first-order valence-electron chi connectivity index (χ1n) is 9.54. The number of aromatic nitrogens is 2. The molecule has 1 fully saturated rings. The molecule has 148 valence electrons. The van der Waals surface area contributed by atoms with E-state index >= 15 is 0 Å². The number of aryl methyl sites for hydroxylation is 2. The normalized spacial score (nSPS) is 16.9. The van der Waals surface area contributed by atoms with Gasteiger partial charge in [0.25, 0.3) is 0 Å². The Hall–Kier alpha value is -1.85. The highest BCUT2D eigenvalue weighted by Crippen LogP contribution is 2.18. The van der Waals surface area contributed by atoms with Crippen LogP contribution in [0.25, 0.3) is 0 Å². The Morgan fingerprint density at radius 2 is 1.93 bits per heavy atom. The van der Waals surface area contributed by atoms with Gasteiger partial charge in [-0.25, -0.2) is 0 Å². The van der Waals surface area contributed by atoms with E-state index in [1.165, 1.54) is 22.4 Å². The molecule has 2 aromatic rings. The molecule has 27 heavy (non-hydrogen) atoms. The molecule has 6 heteroatoms. The predicted octanol–water partition coefficient (Wildman–Crippen LogP) is 3.03. The molecule has 1 aromatic carbocycles. The van der Waals surface area contributed by atoms with Crippen LogP contribution < -0.4 is 5.32 Å². The maximum absolute atomic E-state index is 12.6. The van der Waals surface area contributed by atoms with Gasteiger partial charge in [-0.15, -0.1) is 12.4 Å². The van der Waals surface area contributed by atoms with Crippen molar-refractivity contribution in [3.05, 3.63) is 52.3 Å². The third kappa shape index (κ3) is 5.11. The molecule has 0 radical (unpaired) electrons. The van der Waals surface area contributed by atoms with Gasteiger partial charge in [0.15, 0.2) is 0 Å². The third-order valence-electron chi connectivity index (χ3n) is 5.39. The van der Waals surface area contributed by atoms with E-state index < -0.39 is 0 Å². The molecule has 2 heterocycles. The first-order chi connectivity index (χ1) is 12.5. The van der Waals surface area contributed by atoms with Crippen molar-refractivity contribution in [1.29, 1.82) is 0 Å². The summed E-state index contributed by atoms with van der Waals surface area (Å²) in [5, 5.41) is 8.05. The summed E-state index contributed by atoms with van der Waals surface area (Å²) >= 11 is 0. The van der Waals surface area contributed by atoms with Gasteiger partial charge < -0.3 is 10.2 Å². The lowest BCUT2D eigenvalue weighted by Gasteiger charge is -2.34. The standard InChI is InChI=1S/C21H30N4O.ClH/c1-15-5-7-19(8-6-15)14-25-18(4)20(17(3)23-25)9-10-21(26)24-12-11-22-13-16(24)2;/h5-8,16,22H,9-14H2,1-4H3;1H/t16-;/m0./s1. The van der Waals surface area contributed by atoms with E-state index in [1.54, 1.807) is 0 Å². The average molecular weight is 391 g/mol. The highest BCUT2D eigenvalue weighted by atomic mass is 35.5. The first-order valence-corrected chi connectivity index (χ1v) is 9.54. The molecule has 1 amide bonds. The molecule has 1 atom stereocenters. The van der Waals surface area contributed by atoms with Crippen LogP contribution in [0.5, 0.6) is 0 Å². The number of nitrogens with zero attached hydrogens (tertiary/aromatic N) is 3. The summed E-state index contributed by atoms with van der Waals surface area (Å²) in [6, 6.07) is 8.86. The minimum Gasteiger partial charge on any atom is -0.337 e. The summed E-state index contributed by atoms with van der Waals surface area (Å²) in [7, 11) is 0. The Morgan fingerprint density at radius 1 is 1.22 bits per heavy atom. The van der Waals surface area contributed by atoms with Crippen molar-refractivity contribution in [2.75, 3.05) is 19.6 Å². The van der Waals surface area contributed by atoms with Crippen molar-refractivity contribution in [2.45, 2.75) is 53.1 Å². The summed E-state index contributed by atoms with van der Waals surface area (Å²) < 4.78 is 2.06. The molecule has 1 aliphatic heterocycles. The zero-order valence-corrected chi connectivity index (χ0v) is 17.6. The van der Waals surface area contributed by atoms with Gasteiger partial charge in [-0.1, -0.05) is 29.8 Å². The number of nitrogens with one attached hydrogen (secondary N) is 1. The van der Waals surface area contributed by atoms with Crippen LogP contribution in [0.3, 0.4) is 0 Å². The number of amides is 1. The Balaban J connectivity index is 0.00000261. The minimum absolute atomic E-state index is 0. The van der Waals surface area contributed by atoms with Gasteiger partial charge in [-0.05, 0) is 45.2 Å². The number of halogens is 1. The highest BCUT2D eigenvalue weighted by molar-refractivity contribution is 5.85. The lowest BCUT2D eigenvalue weighted by Crippen LogP contribution is -2.52. The number of hydrogen-bond acceptors (Lipinski definition) is 3. The topological polar surface area (TPSA) is 50.2 Å².